The van der Waals surface area contributed by atoms with Crippen molar-refractivity contribution in [2.45, 2.75) is 58.3 Å². The Morgan fingerprint density at radius 2 is 1.69 bits per heavy atom. The Hall–Kier alpha value is -1.47. The van der Waals surface area contributed by atoms with Gasteiger partial charge in [-0.15, -0.1) is 11.3 Å². The van der Waals surface area contributed by atoms with Crippen LogP contribution in [0, 0.1) is 0 Å². The molecule has 3 rings (SSSR count). The highest BCUT2D eigenvalue weighted by Gasteiger charge is 2.13. The fourth-order valence-corrected chi connectivity index (χ4v) is 4.91. The summed E-state index contributed by atoms with van der Waals surface area (Å²) in [6.45, 7) is 2.28. The van der Waals surface area contributed by atoms with Crippen molar-refractivity contribution >= 4 is 33.3 Å². The molecule has 0 N–H and O–H groups in total. The standard InChI is InChI=1S/C27H38N3S.HI/c1-6-7-8-9-10-11-12-13-14-15-21-18-24-27(20-25(21)30(4)5)31-26-19-22(29(2)3)16-17-23(26)28-24;/h14-20H,6-13H2,1-5H3;1H/q+1;/p-1. The van der Waals surface area contributed by atoms with Crippen LogP contribution in [0.15, 0.2) is 36.4 Å². The number of halogens is 1. The predicted octanol–water partition coefficient (Wildman–Crippen LogP) is 3.66. The zero-order chi connectivity index (χ0) is 22.2. The maximum Gasteiger partial charge on any atom is 0.208 e. The molecule has 174 valence electrons. The fraction of sp³-hybridized carbons (Fsp3) is 0.481. The minimum atomic E-state index is 0. The van der Waals surface area contributed by atoms with Crippen LogP contribution in [0.1, 0.15) is 63.9 Å². The Morgan fingerprint density at radius 1 is 0.969 bits per heavy atom. The predicted molar refractivity (Wildman–Crippen MR) is 139 cm³/mol. The van der Waals surface area contributed by atoms with Crippen LogP contribution in [0.2, 0.25) is 0 Å². The molecule has 0 spiro atoms. The molecule has 1 heterocycles. The van der Waals surface area contributed by atoms with E-state index in [1.165, 1.54) is 71.1 Å². The summed E-state index contributed by atoms with van der Waals surface area (Å²) < 4.78 is 3.44. The topological polar surface area (TPSA) is 19.1 Å². The van der Waals surface area contributed by atoms with Crippen LogP contribution in [-0.2, 0) is 0 Å². The maximum atomic E-state index is 4.97. The molecule has 1 aromatic rings. The smallest absolute Gasteiger partial charge is 0.208 e. The van der Waals surface area contributed by atoms with Crippen LogP contribution < -0.4 is 38.8 Å². The first-order valence-corrected chi connectivity index (χ1v) is 12.5. The van der Waals surface area contributed by atoms with E-state index in [1.54, 1.807) is 0 Å². The Balaban J connectivity index is 0.00000363. The molecule has 0 saturated heterocycles. The first kappa shape index (κ1) is 26.8. The normalized spacial score (nSPS) is 11.3. The second kappa shape index (κ2) is 13.3. The summed E-state index contributed by atoms with van der Waals surface area (Å²) >= 11 is 1.83. The molecule has 0 radical (unpaired) electrons. The van der Waals surface area contributed by atoms with E-state index in [4.69, 9.17) is 4.98 Å². The second-order valence-electron chi connectivity index (χ2n) is 8.85. The van der Waals surface area contributed by atoms with Gasteiger partial charge in [-0.3, -0.25) is 0 Å². The summed E-state index contributed by atoms with van der Waals surface area (Å²) in [6.07, 6.45) is 15.3. The molecular weight excluding hydrogens is 525 g/mol. The molecule has 0 amide bonds. The van der Waals surface area contributed by atoms with Gasteiger partial charge in [0, 0.05) is 31.4 Å². The highest BCUT2D eigenvalue weighted by molar-refractivity contribution is 7.21. The van der Waals surface area contributed by atoms with Crippen molar-refractivity contribution in [3.8, 4) is 10.6 Å². The van der Waals surface area contributed by atoms with Gasteiger partial charge in [0.05, 0.1) is 20.8 Å². The number of benzene rings is 2. The molecule has 5 heteroatoms. The van der Waals surface area contributed by atoms with Crippen LogP contribution in [0.5, 0.6) is 0 Å². The van der Waals surface area contributed by atoms with Crippen LogP contribution in [-0.4, -0.2) is 33.2 Å². The van der Waals surface area contributed by atoms with E-state index in [1.807, 2.05) is 11.3 Å². The monoisotopic (exact) mass is 563 g/mol. The molecule has 1 aliphatic heterocycles. The van der Waals surface area contributed by atoms with E-state index in [2.05, 4.69) is 87.1 Å². The number of aromatic nitrogens is 1. The third-order valence-electron chi connectivity index (χ3n) is 5.78. The SMILES string of the molecule is CCCCCCCCCC=Cc1cc2nc3ccc(N(C)C)cc3sc-2cc1=[N+](C)C.[I-]. The average Bonchev–Trinajstić information content (AvgIpc) is 2.75. The maximum absolute atomic E-state index is 4.97. The van der Waals surface area contributed by atoms with Crippen LogP contribution >= 0.6 is 11.3 Å². The number of unbranched alkanes of at least 4 members (excludes halogenated alkanes) is 7. The van der Waals surface area contributed by atoms with Crippen LogP contribution in [0.4, 0.5) is 5.69 Å². The van der Waals surface area contributed by atoms with E-state index in [-0.39, 0.29) is 24.0 Å². The van der Waals surface area contributed by atoms with Gasteiger partial charge >= 0.3 is 0 Å². The zero-order valence-corrected chi connectivity index (χ0v) is 23.3. The minimum Gasteiger partial charge on any atom is -1.00 e. The number of hydrogen-bond acceptors (Lipinski definition) is 3. The summed E-state index contributed by atoms with van der Waals surface area (Å²) in [5, 5.41) is 1.25. The van der Waals surface area contributed by atoms with E-state index in [9.17, 15) is 0 Å². The van der Waals surface area contributed by atoms with Gasteiger partial charge in [-0.05, 0) is 37.1 Å². The number of nitrogens with zero attached hydrogens (tertiary/aromatic N) is 3. The third kappa shape index (κ3) is 7.27. The lowest BCUT2D eigenvalue weighted by atomic mass is 10.1. The lowest BCUT2D eigenvalue weighted by molar-refractivity contribution is -0.00000648. The molecular formula is C27H38IN3S. The van der Waals surface area contributed by atoms with Crippen molar-refractivity contribution < 1.29 is 24.0 Å². The van der Waals surface area contributed by atoms with Crippen molar-refractivity contribution in [1.29, 1.82) is 0 Å². The molecule has 32 heavy (non-hydrogen) atoms. The average molecular weight is 564 g/mol. The summed E-state index contributed by atoms with van der Waals surface area (Å²) in [6, 6.07) is 11.1. The molecule has 0 aromatic heterocycles. The van der Waals surface area contributed by atoms with Gasteiger partial charge in [-0.2, -0.15) is 0 Å². The molecule has 0 saturated carbocycles. The summed E-state index contributed by atoms with van der Waals surface area (Å²) in [4.78, 5) is 8.34. The number of fused-ring (bicyclic) bond motifs is 2. The van der Waals surface area contributed by atoms with Gasteiger partial charge in [-0.1, -0.05) is 57.6 Å². The van der Waals surface area contributed by atoms with Gasteiger partial charge in [0.1, 0.15) is 14.1 Å². The summed E-state index contributed by atoms with van der Waals surface area (Å²) in [5.41, 5.74) is 4.61. The molecule has 0 bridgehead atoms. The Labute approximate surface area is 215 Å². The van der Waals surface area contributed by atoms with Crippen molar-refractivity contribution in [2.24, 2.45) is 0 Å². The van der Waals surface area contributed by atoms with Crippen molar-refractivity contribution in [3.63, 3.8) is 0 Å². The van der Waals surface area contributed by atoms with Gasteiger partial charge < -0.3 is 28.9 Å². The van der Waals surface area contributed by atoms with E-state index < -0.39 is 0 Å². The molecule has 0 fully saturated rings. The quantitative estimate of drug-likeness (QED) is 0.162. The largest absolute Gasteiger partial charge is 1.00 e. The lowest BCUT2D eigenvalue weighted by Gasteiger charge is -2.13. The Kier molecular flexibility index (Phi) is 11.1. The molecule has 1 aliphatic carbocycles. The first-order chi connectivity index (χ1) is 15.0. The number of allylic oxidation sites excluding steroid dienone is 1. The first-order valence-electron chi connectivity index (χ1n) is 11.7. The summed E-state index contributed by atoms with van der Waals surface area (Å²) in [5.74, 6) is 0. The van der Waals surface area contributed by atoms with E-state index in [0.29, 0.717) is 0 Å². The van der Waals surface area contributed by atoms with Gasteiger partial charge in [0.2, 0.25) is 5.36 Å². The van der Waals surface area contributed by atoms with Crippen LogP contribution in [0.25, 0.3) is 26.9 Å². The lowest BCUT2D eigenvalue weighted by Crippen LogP contribution is -3.00. The van der Waals surface area contributed by atoms with E-state index >= 15 is 0 Å². The molecule has 1 aromatic carbocycles. The highest BCUT2D eigenvalue weighted by atomic mass is 127. The minimum absolute atomic E-state index is 0. The third-order valence-corrected chi connectivity index (χ3v) is 6.88. The number of anilines is 1. The van der Waals surface area contributed by atoms with Crippen molar-refractivity contribution in [1.82, 2.24) is 9.56 Å². The second-order valence-corrected chi connectivity index (χ2v) is 9.93. The van der Waals surface area contributed by atoms with Gasteiger partial charge in [-0.25, -0.2) is 9.56 Å². The highest BCUT2D eigenvalue weighted by Crippen LogP contribution is 2.32. The molecule has 3 nitrogen and oxygen atoms in total. The zero-order valence-electron chi connectivity index (χ0n) is 20.3. The van der Waals surface area contributed by atoms with Crippen molar-refractivity contribution in [3.05, 3.63) is 47.3 Å². The summed E-state index contributed by atoms with van der Waals surface area (Å²) in [7, 11) is 8.40. The van der Waals surface area contributed by atoms with Crippen LogP contribution in [0.3, 0.4) is 0 Å². The molecule has 0 atom stereocenters. The number of hydrogen-bond donors (Lipinski definition) is 0. The van der Waals surface area contributed by atoms with Gasteiger partial charge in [0.25, 0.3) is 0 Å². The van der Waals surface area contributed by atoms with Crippen molar-refractivity contribution in [2.75, 3.05) is 33.1 Å². The molecule has 0 unspecified atom stereocenters. The van der Waals surface area contributed by atoms with Gasteiger partial charge in [0.15, 0.2) is 0 Å². The van der Waals surface area contributed by atoms with E-state index in [0.717, 1.165) is 17.6 Å². The fourth-order valence-electron chi connectivity index (χ4n) is 3.90. The molecule has 2 aliphatic rings. The number of rotatable bonds is 10. The Morgan fingerprint density at radius 3 is 2.38 bits per heavy atom. The Bertz CT molecular complexity index is 1060.